The van der Waals surface area contributed by atoms with Crippen molar-refractivity contribution in [2.45, 2.75) is 39.9 Å². The van der Waals surface area contributed by atoms with E-state index in [1.165, 1.54) is 0 Å². The Kier molecular flexibility index (Phi) is 6.93. The zero-order chi connectivity index (χ0) is 18.4. The first kappa shape index (κ1) is 19.4. The average Bonchev–Trinajstić information content (AvgIpc) is 2.87. The van der Waals surface area contributed by atoms with E-state index < -0.39 is 10.8 Å². The topological polar surface area (TPSA) is 72.2 Å². The Morgan fingerprint density at radius 3 is 2.76 bits per heavy atom. The molecule has 5 nitrogen and oxygen atoms in total. The van der Waals surface area contributed by atoms with Gasteiger partial charge in [0.2, 0.25) is 11.8 Å². The number of benzene rings is 1. The normalized spacial score (nSPS) is 12.4. The van der Waals surface area contributed by atoms with Gasteiger partial charge in [-0.2, -0.15) is 0 Å². The largest absolute Gasteiger partial charge is 0.441 e. The van der Waals surface area contributed by atoms with Crippen molar-refractivity contribution in [3.63, 3.8) is 0 Å². The van der Waals surface area contributed by atoms with Gasteiger partial charge in [-0.05, 0) is 38.3 Å². The second-order valence-corrected chi connectivity index (χ2v) is 8.11. The molecule has 1 N–H and O–H groups in total. The third kappa shape index (κ3) is 6.12. The molecule has 0 spiro atoms. The van der Waals surface area contributed by atoms with Crippen molar-refractivity contribution in [3.8, 4) is 11.5 Å². The first-order valence-electron chi connectivity index (χ1n) is 8.50. The number of nitrogens with zero attached hydrogens (tertiary/aromatic N) is 1. The van der Waals surface area contributed by atoms with Crippen LogP contribution in [0.3, 0.4) is 0 Å². The summed E-state index contributed by atoms with van der Waals surface area (Å²) in [5.74, 6) is 1.73. The summed E-state index contributed by atoms with van der Waals surface area (Å²) in [6.07, 6.45) is 0.917. The fourth-order valence-corrected chi connectivity index (χ4v) is 3.43. The molecule has 0 aliphatic rings. The van der Waals surface area contributed by atoms with E-state index in [9.17, 15) is 9.00 Å². The summed E-state index contributed by atoms with van der Waals surface area (Å²) in [5, 5.41) is 2.81. The minimum atomic E-state index is -1.31. The van der Waals surface area contributed by atoms with Crippen LogP contribution in [-0.2, 0) is 21.3 Å². The number of hydrogen-bond acceptors (Lipinski definition) is 4. The van der Waals surface area contributed by atoms with Gasteiger partial charge in [-0.1, -0.05) is 31.5 Å². The number of amides is 1. The average molecular weight is 362 g/mol. The molecule has 25 heavy (non-hydrogen) atoms. The van der Waals surface area contributed by atoms with Crippen molar-refractivity contribution in [1.29, 1.82) is 0 Å². The fourth-order valence-electron chi connectivity index (χ4n) is 2.36. The zero-order valence-corrected chi connectivity index (χ0v) is 16.1. The summed E-state index contributed by atoms with van der Waals surface area (Å²) >= 11 is 0. The minimum absolute atomic E-state index is 0.00975. The van der Waals surface area contributed by atoms with Gasteiger partial charge in [-0.15, -0.1) is 0 Å². The maximum Gasteiger partial charge on any atom is 0.232 e. The molecule has 6 heteroatoms. The predicted octanol–water partition coefficient (Wildman–Crippen LogP) is 3.37. The molecule has 1 heterocycles. The molecule has 0 unspecified atom stereocenters. The van der Waals surface area contributed by atoms with E-state index >= 15 is 0 Å². The Morgan fingerprint density at radius 2 is 2.08 bits per heavy atom. The number of nitrogens with one attached hydrogen (secondary N) is 1. The van der Waals surface area contributed by atoms with Gasteiger partial charge in [0, 0.05) is 22.9 Å². The van der Waals surface area contributed by atoms with Gasteiger partial charge in [0.05, 0.1) is 11.4 Å². The van der Waals surface area contributed by atoms with Crippen molar-refractivity contribution in [3.05, 3.63) is 41.3 Å². The SMILES string of the molecule is Cc1cccc(-c2nc(C[S@](=O)CC(=O)NCCC(C)C)c(C)o2)c1. The van der Waals surface area contributed by atoms with Crippen LogP contribution in [0.15, 0.2) is 28.7 Å². The summed E-state index contributed by atoms with van der Waals surface area (Å²) in [6.45, 7) is 8.63. The molecule has 136 valence electrons. The van der Waals surface area contributed by atoms with E-state index in [2.05, 4.69) is 24.1 Å². The molecule has 1 amide bonds. The molecule has 0 saturated carbocycles. The van der Waals surface area contributed by atoms with Gasteiger partial charge in [-0.3, -0.25) is 9.00 Å². The Bertz CT molecular complexity index is 753. The highest BCUT2D eigenvalue weighted by molar-refractivity contribution is 7.84. The molecule has 1 aromatic heterocycles. The quantitative estimate of drug-likeness (QED) is 0.781. The van der Waals surface area contributed by atoms with Crippen LogP contribution in [0, 0.1) is 19.8 Å². The lowest BCUT2D eigenvalue weighted by molar-refractivity contribution is -0.118. The number of carbonyl (C=O) groups excluding carboxylic acids is 1. The Labute approximate surface area is 151 Å². The van der Waals surface area contributed by atoms with Crippen molar-refractivity contribution in [2.75, 3.05) is 12.3 Å². The molecule has 0 saturated heterocycles. The first-order valence-corrected chi connectivity index (χ1v) is 9.99. The van der Waals surface area contributed by atoms with E-state index in [0.29, 0.717) is 29.8 Å². The summed E-state index contributed by atoms with van der Waals surface area (Å²) < 4.78 is 17.9. The van der Waals surface area contributed by atoms with E-state index in [-0.39, 0.29) is 17.4 Å². The van der Waals surface area contributed by atoms with Gasteiger partial charge in [0.25, 0.3) is 0 Å². The monoisotopic (exact) mass is 362 g/mol. The molecular weight excluding hydrogens is 336 g/mol. The highest BCUT2D eigenvalue weighted by Gasteiger charge is 2.16. The van der Waals surface area contributed by atoms with Crippen LogP contribution in [0.4, 0.5) is 0 Å². The number of aryl methyl sites for hydroxylation is 2. The van der Waals surface area contributed by atoms with Crippen LogP contribution in [0.5, 0.6) is 0 Å². The molecule has 0 fully saturated rings. The maximum absolute atomic E-state index is 12.2. The molecule has 0 aliphatic carbocycles. The zero-order valence-electron chi connectivity index (χ0n) is 15.3. The van der Waals surface area contributed by atoms with Gasteiger partial charge in [0.15, 0.2) is 0 Å². The van der Waals surface area contributed by atoms with Crippen molar-refractivity contribution >= 4 is 16.7 Å². The third-order valence-electron chi connectivity index (χ3n) is 3.79. The molecule has 0 bridgehead atoms. The lowest BCUT2D eigenvalue weighted by Gasteiger charge is -2.06. The number of oxazole rings is 1. The summed E-state index contributed by atoms with van der Waals surface area (Å²) in [4.78, 5) is 16.3. The van der Waals surface area contributed by atoms with E-state index in [1.54, 1.807) is 0 Å². The second kappa shape index (κ2) is 8.94. The highest BCUT2D eigenvalue weighted by atomic mass is 32.2. The maximum atomic E-state index is 12.2. The number of hydrogen-bond donors (Lipinski definition) is 1. The van der Waals surface area contributed by atoms with Gasteiger partial charge in [-0.25, -0.2) is 4.98 Å². The van der Waals surface area contributed by atoms with Crippen molar-refractivity contribution < 1.29 is 13.4 Å². The second-order valence-electron chi connectivity index (χ2n) is 6.65. The minimum Gasteiger partial charge on any atom is -0.441 e. The number of carbonyl (C=O) groups is 1. The summed E-state index contributed by atoms with van der Waals surface area (Å²) in [7, 11) is -1.31. The summed E-state index contributed by atoms with van der Waals surface area (Å²) in [6, 6.07) is 7.88. The molecular formula is C19H26N2O3S. The van der Waals surface area contributed by atoms with Crippen LogP contribution in [0.25, 0.3) is 11.5 Å². The van der Waals surface area contributed by atoms with Crippen LogP contribution in [0.2, 0.25) is 0 Å². The van der Waals surface area contributed by atoms with E-state index in [0.717, 1.165) is 17.5 Å². The molecule has 0 aliphatic heterocycles. The van der Waals surface area contributed by atoms with Crippen LogP contribution < -0.4 is 5.32 Å². The van der Waals surface area contributed by atoms with Gasteiger partial charge in [0.1, 0.15) is 11.5 Å². The third-order valence-corrected chi connectivity index (χ3v) is 4.97. The molecule has 2 aromatic rings. The number of aromatic nitrogens is 1. The number of rotatable bonds is 8. The molecule has 1 atom stereocenters. The molecule has 2 rings (SSSR count). The molecule has 1 aromatic carbocycles. The molecule has 0 radical (unpaired) electrons. The van der Waals surface area contributed by atoms with Crippen molar-refractivity contribution in [2.24, 2.45) is 5.92 Å². The Morgan fingerprint density at radius 1 is 1.32 bits per heavy atom. The predicted molar refractivity (Wildman–Crippen MR) is 101 cm³/mol. The van der Waals surface area contributed by atoms with E-state index in [1.807, 2.05) is 38.1 Å². The van der Waals surface area contributed by atoms with Crippen molar-refractivity contribution in [1.82, 2.24) is 10.3 Å². The lowest BCUT2D eigenvalue weighted by atomic mass is 10.1. The van der Waals surface area contributed by atoms with Gasteiger partial charge < -0.3 is 9.73 Å². The smallest absolute Gasteiger partial charge is 0.232 e. The Hall–Kier alpha value is -1.95. The van der Waals surface area contributed by atoms with Crippen LogP contribution >= 0.6 is 0 Å². The van der Waals surface area contributed by atoms with Gasteiger partial charge >= 0.3 is 0 Å². The summed E-state index contributed by atoms with van der Waals surface area (Å²) in [5.41, 5.74) is 2.66. The van der Waals surface area contributed by atoms with Crippen LogP contribution in [-0.4, -0.2) is 27.4 Å². The highest BCUT2D eigenvalue weighted by Crippen LogP contribution is 2.23. The first-order chi connectivity index (χ1) is 11.8. The van der Waals surface area contributed by atoms with Crippen LogP contribution in [0.1, 0.15) is 37.3 Å². The lowest BCUT2D eigenvalue weighted by Crippen LogP contribution is -2.30. The fraction of sp³-hybridized carbons (Fsp3) is 0.474. The van der Waals surface area contributed by atoms with E-state index in [4.69, 9.17) is 4.42 Å². The Balaban J connectivity index is 1.94. The standard InChI is InChI=1S/C19H26N2O3S/c1-13(2)8-9-20-18(22)12-25(23)11-17-15(4)24-19(21-17)16-7-5-6-14(3)10-16/h5-7,10,13H,8-9,11-12H2,1-4H3,(H,20,22)/t25-/m0/s1.